The molecule has 3 aromatic rings. The number of carbonyl (C=O) groups is 1. The number of benzene rings is 1. The van der Waals surface area contributed by atoms with E-state index in [0.29, 0.717) is 24.1 Å². The van der Waals surface area contributed by atoms with Crippen LogP contribution >= 0.6 is 23.1 Å². The lowest BCUT2D eigenvalue weighted by Gasteiger charge is -2.34. The van der Waals surface area contributed by atoms with Gasteiger partial charge in [0, 0.05) is 37.5 Å². The fourth-order valence-corrected chi connectivity index (χ4v) is 5.02. The van der Waals surface area contributed by atoms with Crippen LogP contribution in [0.5, 0.6) is 5.75 Å². The zero-order valence-corrected chi connectivity index (χ0v) is 19.9. The van der Waals surface area contributed by atoms with Gasteiger partial charge < -0.3 is 14.2 Å². The Kier molecular flexibility index (Phi) is 8.19. The van der Waals surface area contributed by atoms with Gasteiger partial charge >= 0.3 is 0 Å². The Morgan fingerprint density at radius 2 is 2.00 bits per heavy atom. The van der Waals surface area contributed by atoms with Crippen molar-refractivity contribution in [1.29, 1.82) is 0 Å². The third-order valence-electron chi connectivity index (χ3n) is 5.30. The second-order valence-corrected chi connectivity index (χ2v) is 9.50. The van der Waals surface area contributed by atoms with E-state index in [-0.39, 0.29) is 5.91 Å². The predicted octanol–water partition coefficient (Wildman–Crippen LogP) is 4.07. The maximum Gasteiger partial charge on any atom is 0.233 e. The molecule has 1 amide bonds. The van der Waals surface area contributed by atoms with E-state index in [4.69, 9.17) is 9.26 Å². The molecular weight excluding hydrogens is 444 g/mol. The molecule has 4 rings (SSSR count). The molecule has 0 spiro atoms. The van der Waals surface area contributed by atoms with Gasteiger partial charge in [0.25, 0.3) is 0 Å². The zero-order valence-electron chi connectivity index (χ0n) is 18.2. The van der Waals surface area contributed by atoms with Gasteiger partial charge in [-0.1, -0.05) is 11.2 Å². The second kappa shape index (κ2) is 11.5. The summed E-state index contributed by atoms with van der Waals surface area (Å²) in [5.74, 6) is 2.90. The van der Waals surface area contributed by atoms with Gasteiger partial charge in [0.2, 0.25) is 17.6 Å². The van der Waals surface area contributed by atoms with Crippen molar-refractivity contribution in [3.8, 4) is 16.5 Å². The van der Waals surface area contributed by atoms with Crippen molar-refractivity contribution in [3.63, 3.8) is 0 Å². The number of hydrogen-bond acceptors (Lipinski definition) is 8. The van der Waals surface area contributed by atoms with Gasteiger partial charge in [-0.05, 0) is 55.6 Å². The Balaban J connectivity index is 1.13. The fourth-order valence-electron chi connectivity index (χ4n) is 3.57. The Labute approximate surface area is 196 Å². The van der Waals surface area contributed by atoms with E-state index in [1.807, 2.05) is 53.6 Å². The molecule has 2 aromatic heterocycles. The van der Waals surface area contributed by atoms with Crippen LogP contribution in [0.1, 0.15) is 19.2 Å². The summed E-state index contributed by atoms with van der Waals surface area (Å²) in [6, 6.07) is 11.9. The number of aromatic nitrogens is 2. The normalized spacial score (nSPS) is 14.6. The molecule has 1 saturated heterocycles. The first kappa shape index (κ1) is 22.8. The number of thiophene rings is 1. The van der Waals surface area contributed by atoms with Crippen LogP contribution in [0.2, 0.25) is 0 Å². The number of thioether (sulfide) groups is 1. The monoisotopic (exact) mass is 472 g/mol. The van der Waals surface area contributed by atoms with Crippen LogP contribution in [0.3, 0.4) is 0 Å². The van der Waals surface area contributed by atoms with Crippen LogP contribution < -0.4 is 4.74 Å². The molecule has 0 N–H and O–H groups in total. The Bertz CT molecular complexity index is 968. The number of carbonyl (C=O) groups excluding carboxylic acids is 1. The summed E-state index contributed by atoms with van der Waals surface area (Å²) in [6.45, 7) is 6.98. The highest BCUT2D eigenvalue weighted by molar-refractivity contribution is 8.00. The van der Waals surface area contributed by atoms with Crippen molar-refractivity contribution in [3.05, 3.63) is 47.7 Å². The zero-order chi connectivity index (χ0) is 22.2. The molecule has 9 heteroatoms. The van der Waals surface area contributed by atoms with E-state index >= 15 is 0 Å². The van der Waals surface area contributed by atoms with Gasteiger partial charge in [0.1, 0.15) is 5.75 Å². The summed E-state index contributed by atoms with van der Waals surface area (Å²) in [7, 11) is 0. The van der Waals surface area contributed by atoms with E-state index in [9.17, 15) is 4.79 Å². The summed E-state index contributed by atoms with van der Waals surface area (Å²) in [5.41, 5.74) is 0. The average Bonchev–Trinajstić information content (AvgIpc) is 3.51. The van der Waals surface area contributed by atoms with Crippen LogP contribution in [-0.2, 0) is 11.2 Å². The molecule has 1 fully saturated rings. The largest absolute Gasteiger partial charge is 0.494 e. The van der Waals surface area contributed by atoms with Crippen LogP contribution in [0.15, 0.2) is 51.2 Å². The average molecular weight is 473 g/mol. The number of aryl methyl sites for hydroxylation is 1. The summed E-state index contributed by atoms with van der Waals surface area (Å²) in [6.07, 6.45) is 1.74. The second-order valence-electron chi connectivity index (χ2n) is 7.51. The molecule has 1 aliphatic heterocycles. The third kappa shape index (κ3) is 6.34. The van der Waals surface area contributed by atoms with E-state index in [1.54, 1.807) is 23.1 Å². The van der Waals surface area contributed by atoms with Crippen LogP contribution in [0, 0.1) is 0 Å². The van der Waals surface area contributed by atoms with E-state index in [2.05, 4.69) is 15.0 Å². The highest BCUT2D eigenvalue weighted by Crippen LogP contribution is 2.23. The predicted molar refractivity (Wildman–Crippen MR) is 127 cm³/mol. The van der Waals surface area contributed by atoms with Gasteiger partial charge in [-0.25, -0.2) is 0 Å². The van der Waals surface area contributed by atoms with Crippen molar-refractivity contribution >= 4 is 29.0 Å². The summed E-state index contributed by atoms with van der Waals surface area (Å²) < 4.78 is 10.8. The third-order valence-corrected chi connectivity index (χ3v) is 7.16. The Morgan fingerprint density at radius 1 is 1.19 bits per heavy atom. The number of nitrogens with zero attached hydrogens (tertiary/aromatic N) is 4. The Hall–Kier alpha value is -2.36. The molecule has 0 unspecified atom stereocenters. The maximum absolute atomic E-state index is 12.6. The molecule has 0 radical (unpaired) electrons. The number of piperazine rings is 1. The van der Waals surface area contributed by atoms with Crippen molar-refractivity contribution in [2.75, 3.05) is 45.1 Å². The number of hydrogen-bond donors (Lipinski definition) is 0. The van der Waals surface area contributed by atoms with Crippen LogP contribution in [-0.4, -0.2) is 70.9 Å². The molecule has 3 heterocycles. The topological polar surface area (TPSA) is 71.7 Å². The summed E-state index contributed by atoms with van der Waals surface area (Å²) >= 11 is 3.19. The number of rotatable bonds is 10. The lowest BCUT2D eigenvalue weighted by Crippen LogP contribution is -2.49. The Morgan fingerprint density at radius 3 is 2.72 bits per heavy atom. The summed E-state index contributed by atoms with van der Waals surface area (Å²) in [5, 5.41) is 6.07. The van der Waals surface area contributed by atoms with E-state index in [0.717, 1.165) is 61.1 Å². The SMILES string of the molecule is CCOc1ccc(SCC(=O)N2CCN(CCCc3nc(-c4cccs4)no3)CC2)cc1. The van der Waals surface area contributed by atoms with E-state index in [1.165, 1.54) is 0 Å². The minimum Gasteiger partial charge on any atom is -0.494 e. The number of ether oxygens (including phenoxy) is 1. The molecule has 1 aromatic carbocycles. The molecule has 0 saturated carbocycles. The maximum atomic E-state index is 12.6. The van der Waals surface area contributed by atoms with Crippen molar-refractivity contribution in [2.24, 2.45) is 0 Å². The molecule has 0 bridgehead atoms. The van der Waals surface area contributed by atoms with Gasteiger partial charge in [-0.15, -0.1) is 23.1 Å². The first-order valence-corrected chi connectivity index (χ1v) is 12.8. The fraction of sp³-hybridized carbons (Fsp3) is 0.435. The quantitative estimate of drug-likeness (QED) is 0.412. The highest BCUT2D eigenvalue weighted by Gasteiger charge is 2.21. The molecule has 1 aliphatic rings. The van der Waals surface area contributed by atoms with Gasteiger partial charge in [-0.3, -0.25) is 9.69 Å². The van der Waals surface area contributed by atoms with Gasteiger partial charge in [0.15, 0.2) is 0 Å². The lowest BCUT2D eigenvalue weighted by molar-refractivity contribution is -0.130. The van der Waals surface area contributed by atoms with Crippen molar-refractivity contribution < 1.29 is 14.1 Å². The minimum atomic E-state index is 0.204. The molecule has 7 nitrogen and oxygen atoms in total. The molecule has 0 atom stereocenters. The van der Waals surface area contributed by atoms with Crippen LogP contribution in [0.4, 0.5) is 0 Å². The first-order chi connectivity index (χ1) is 15.7. The van der Waals surface area contributed by atoms with Gasteiger partial charge in [0.05, 0.1) is 17.2 Å². The first-order valence-electron chi connectivity index (χ1n) is 10.9. The minimum absolute atomic E-state index is 0.204. The smallest absolute Gasteiger partial charge is 0.233 e. The van der Waals surface area contributed by atoms with Crippen molar-refractivity contribution in [1.82, 2.24) is 19.9 Å². The highest BCUT2D eigenvalue weighted by atomic mass is 32.2. The van der Waals surface area contributed by atoms with Gasteiger partial charge in [-0.2, -0.15) is 4.98 Å². The molecule has 32 heavy (non-hydrogen) atoms. The van der Waals surface area contributed by atoms with Crippen LogP contribution in [0.25, 0.3) is 10.7 Å². The van der Waals surface area contributed by atoms with Crippen molar-refractivity contribution in [2.45, 2.75) is 24.7 Å². The standard InChI is InChI=1S/C23H28N4O3S2/c1-2-29-18-7-9-19(10-8-18)32-17-22(28)27-14-12-26(13-15-27)11-3-6-21-24-23(25-30-21)20-5-4-16-31-20/h4-5,7-10,16H,2-3,6,11-15,17H2,1H3. The number of amides is 1. The molecular formula is C23H28N4O3S2. The lowest BCUT2D eigenvalue weighted by atomic mass is 10.2. The molecule has 170 valence electrons. The van der Waals surface area contributed by atoms with E-state index < -0.39 is 0 Å². The molecule has 0 aliphatic carbocycles. The summed E-state index contributed by atoms with van der Waals surface area (Å²) in [4.78, 5) is 23.6.